The lowest BCUT2D eigenvalue weighted by atomic mass is 10.1. The number of rotatable bonds is 6. The molecule has 0 aliphatic heterocycles. The molecule has 0 spiro atoms. The van der Waals surface area contributed by atoms with Crippen LogP contribution in [0.3, 0.4) is 0 Å². The molecule has 94 valence electrons. The Hall–Kier alpha value is -1.04. The third-order valence-electron chi connectivity index (χ3n) is 3.08. The van der Waals surface area contributed by atoms with Gasteiger partial charge < -0.3 is 9.67 Å². The summed E-state index contributed by atoms with van der Waals surface area (Å²) in [4.78, 5) is 10.6. The molecule has 1 N–H and O–H groups in total. The predicted molar refractivity (Wildman–Crippen MR) is 65.1 cm³/mol. The van der Waals surface area contributed by atoms with E-state index in [4.69, 9.17) is 5.11 Å². The van der Waals surface area contributed by atoms with E-state index in [1.165, 1.54) is 24.6 Å². The Bertz CT molecular complexity index is 426. The maximum absolute atomic E-state index is 10.6. The van der Waals surface area contributed by atoms with E-state index in [0.29, 0.717) is 5.41 Å². The average molecular weight is 255 g/mol. The molecule has 0 saturated heterocycles. The van der Waals surface area contributed by atoms with Crippen LogP contribution in [0.25, 0.3) is 0 Å². The number of aryl methyl sites for hydroxylation is 1. The number of nitrogens with zero attached hydrogens (tertiary/aromatic N) is 3. The number of thioether (sulfide) groups is 1. The van der Waals surface area contributed by atoms with E-state index in [9.17, 15) is 4.79 Å². The van der Waals surface area contributed by atoms with Gasteiger partial charge in [-0.05, 0) is 18.3 Å². The molecule has 0 unspecified atom stereocenters. The summed E-state index contributed by atoms with van der Waals surface area (Å²) in [5.74, 6) is 0.171. The Morgan fingerprint density at radius 1 is 1.53 bits per heavy atom. The molecule has 0 bridgehead atoms. The monoisotopic (exact) mass is 255 g/mol. The van der Waals surface area contributed by atoms with Crippen LogP contribution in [0.1, 0.15) is 32.5 Å². The Kier molecular flexibility index (Phi) is 3.42. The summed E-state index contributed by atoms with van der Waals surface area (Å²) in [6.45, 7) is 5.20. The summed E-state index contributed by atoms with van der Waals surface area (Å²) in [5, 5.41) is 17.6. The van der Waals surface area contributed by atoms with Crippen LogP contribution >= 0.6 is 11.8 Å². The van der Waals surface area contributed by atoms with Crippen molar-refractivity contribution in [3.8, 4) is 0 Å². The molecule has 0 aromatic carbocycles. The molecule has 1 aromatic heterocycles. The Labute approximate surface area is 105 Å². The van der Waals surface area contributed by atoms with Gasteiger partial charge in [0.15, 0.2) is 5.16 Å². The van der Waals surface area contributed by atoms with Crippen molar-refractivity contribution in [2.24, 2.45) is 5.41 Å². The van der Waals surface area contributed by atoms with E-state index >= 15 is 0 Å². The lowest BCUT2D eigenvalue weighted by Crippen LogP contribution is -2.12. The van der Waals surface area contributed by atoms with Gasteiger partial charge >= 0.3 is 5.97 Å². The van der Waals surface area contributed by atoms with Gasteiger partial charge in [-0.15, -0.1) is 10.2 Å². The second-order valence-electron chi connectivity index (χ2n) is 4.83. The predicted octanol–water partition coefficient (Wildman–Crippen LogP) is 1.82. The molecule has 1 heterocycles. The molecule has 1 saturated carbocycles. The van der Waals surface area contributed by atoms with E-state index in [0.717, 1.165) is 23.9 Å². The van der Waals surface area contributed by atoms with Crippen molar-refractivity contribution in [3.05, 3.63) is 5.82 Å². The van der Waals surface area contributed by atoms with Crippen LogP contribution in [0.5, 0.6) is 0 Å². The maximum Gasteiger partial charge on any atom is 0.313 e. The number of carboxylic acids is 1. The highest BCUT2D eigenvalue weighted by molar-refractivity contribution is 7.99. The summed E-state index contributed by atoms with van der Waals surface area (Å²) in [6, 6.07) is 0. The normalized spacial score (nSPS) is 17.1. The minimum atomic E-state index is -0.819. The van der Waals surface area contributed by atoms with Crippen molar-refractivity contribution in [2.75, 3.05) is 5.75 Å². The minimum Gasteiger partial charge on any atom is -0.481 e. The van der Waals surface area contributed by atoms with Crippen molar-refractivity contribution < 1.29 is 9.90 Å². The van der Waals surface area contributed by atoms with Gasteiger partial charge in [0.05, 0.1) is 5.75 Å². The maximum atomic E-state index is 10.6. The molecule has 5 nitrogen and oxygen atoms in total. The summed E-state index contributed by atoms with van der Waals surface area (Å²) in [7, 11) is 0. The standard InChI is InChI=1S/C11H17N3O2S/c1-3-8-12-13-10(17-6-9(15)16)14(8)7-11(2)4-5-11/h3-7H2,1-2H3,(H,15,16). The lowest BCUT2D eigenvalue weighted by molar-refractivity contribution is -0.133. The fourth-order valence-electron chi connectivity index (χ4n) is 1.73. The van der Waals surface area contributed by atoms with Gasteiger partial charge in [0.2, 0.25) is 0 Å². The fraction of sp³-hybridized carbons (Fsp3) is 0.727. The highest BCUT2D eigenvalue weighted by Gasteiger charge is 2.38. The van der Waals surface area contributed by atoms with Gasteiger partial charge in [-0.2, -0.15) is 0 Å². The van der Waals surface area contributed by atoms with Gasteiger partial charge in [-0.1, -0.05) is 25.6 Å². The molecule has 1 aromatic rings. The van der Waals surface area contributed by atoms with Crippen LogP contribution in [0.15, 0.2) is 5.16 Å². The molecular formula is C11H17N3O2S. The number of aromatic nitrogens is 3. The average Bonchev–Trinajstić information content (AvgIpc) is 2.88. The quantitative estimate of drug-likeness (QED) is 0.785. The number of carboxylic acid groups (broad SMARTS) is 1. The molecule has 1 aliphatic carbocycles. The fourth-order valence-corrected chi connectivity index (χ4v) is 2.40. The molecule has 0 atom stereocenters. The third-order valence-corrected chi connectivity index (χ3v) is 4.03. The first kappa shape index (κ1) is 12.4. The first-order valence-electron chi connectivity index (χ1n) is 5.81. The van der Waals surface area contributed by atoms with Gasteiger partial charge in [0, 0.05) is 13.0 Å². The van der Waals surface area contributed by atoms with Crippen LogP contribution < -0.4 is 0 Å². The van der Waals surface area contributed by atoms with Crippen LogP contribution in [-0.4, -0.2) is 31.6 Å². The summed E-state index contributed by atoms with van der Waals surface area (Å²) >= 11 is 1.25. The SMILES string of the molecule is CCc1nnc(SCC(=O)O)n1CC1(C)CC1. The van der Waals surface area contributed by atoms with Crippen molar-refractivity contribution in [1.29, 1.82) is 0 Å². The van der Waals surface area contributed by atoms with Crippen LogP contribution in [0.2, 0.25) is 0 Å². The Morgan fingerprint density at radius 2 is 2.24 bits per heavy atom. The topological polar surface area (TPSA) is 68.0 Å². The second-order valence-corrected chi connectivity index (χ2v) is 5.77. The second kappa shape index (κ2) is 4.68. The van der Waals surface area contributed by atoms with Crippen molar-refractivity contribution in [3.63, 3.8) is 0 Å². The Morgan fingerprint density at radius 3 is 2.76 bits per heavy atom. The third kappa shape index (κ3) is 3.00. The summed E-state index contributed by atoms with van der Waals surface area (Å²) in [6.07, 6.45) is 3.30. The first-order chi connectivity index (χ1) is 8.04. The summed E-state index contributed by atoms with van der Waals surface area (Å²) in [5.41, 5.74) is 0.366. The van der Waals surface area contributed by atoms with Gasteiger partial charge in [0.1, 0.15) is 5.82 Å². The van der Waals surface area contributed by atoms with E-state index in [1.54, 1.807) is 0 Å². The van der Waals surface area contributed by atoms with Gasteiger partial charge in [0.25, 0.3) is 0 Å². The molecular weight excluding hydrogens is 238 g/mol. The first-order valence-corrected chi connectivity index (χ1v) is 6.79. The zero-order valence-electron chi connectivity index (χ0n) is 10.1. The zero-order chi connectivity index (χ0) is 12.5. The Balaban J connectivity index is 2.13. The van der Waals surface area contributed by atoms with Gasteiger partial charge in [-0.25, -0.2) is 0 Å². The number of hydrogen-bond donors (Lipinski definition) is 1. The van der Waals surface area contributed by atoms with Crippen molar-refractivity contribution >= 4 is 17.7 Å². The van der Waals surface area contributed by atoms with E-state index in [1.807, 2.05) is 6.92 Å². The van der Waals surface area contributed by atoms with E-state index in [2.05, 4.69) is 21.7 Å². The molecule has 0 amide bonds. The van der Waals surface area contributed by atoms with Crippen molar-refractivity contribution in [2.45, 2.75) is 44.8 Å². The largest absolute Gasteiger partial charge is 0.481 e. The van der Waals surface area contributed by atoms with Crippen molar-refractivity contribution in [1.82, 2.24) is 14.8 Å². The lowest BCUT2D eigenvalue weighted by Gasteiger charge is -2.13. The zero-order valence-corrected chi connectivity index (χ0v) is 11.0. The number of carbonyl (C=O) groups is 1. The molecule has 17 heavy (non-hydrogen) atoms. The number of aliphatic carboxylic acids is 1. The summed E-state index contributed by atoms with van der Waals surface area (Å²) < 4.78 is 2.08. The van der Waals surface area contributed by atoms with Crippen LogP contribution in [0, 0.1) is 5.41 Å². The number of hydrogen-bond acceptors (Lipinski definition) is 4. The van der Waals surface area contributed by atoms with Crippen LogP contribution in [0.4, 0.5) is 0 Å². The van der Waals surface area contributed by atoms with E-state index < -0.39 is 5.97 Å². The molecule has 2 rings (SSSR count). The molecule has 1 fully saturated rings. The molecule has 0 radical (unpaired) electrons. The highest BCUT2D eigenvalue weighted by atomic mass is 32.2. The van der Waals surface area contributed by atoms with E-state index in [-0.39, 0.29) is 5.75 Å². The molecule has 6 heteroatoms. The molecule has 1 aliphatic rings. The minimum absolute atomic E-state index is 0.0402. The van der Waals surface area contributed by atoms with Crippen LogP contribution in [-0.2, 0) is 17.8 Å². The highest BCUT2D eigenvalue weighted by Crippen LogP contribution is 2.47. The van der Waals surface area contributed by atoms with Gasteiger partial charge in [-0.3, -0.25) is 4.79 Å². The smallest absolute Gasteiger partial charge is 0.313 e.